The second kappa shape index (κ2) is 8.91. The molecule has 2 amide bonds. The summed E-state index contributed by atoms with van der Waals surface area (Å²) in [4.78, 5) is 36.2. The fourth-order valence-corrected chi connectivity index (χ4v) is 2.66. The van der Waals surface area contributed by atoms with E-state index >= 15 is 0 Å². The molecule has 8 heteroatoms. The molecule has 0 aromatic heterocycles. The summed E-state index contributed by atoms with van der Waals surface area (Å²) in [6, 6.07) is 11.7. The van der Waals surface area contributed by atoms with Crippen LogP contribution in [0.2, 0.25) is 0 Å². The van der Waals surface area contributed by atoms with Crippen molar-refractivity contribution in [2.75, 3.05) is 26.0 Å². The van der Waals surface area contributed by atoms with Gasteiger partial charge in [-0.1, -0.05) is 24.3 Å². The topological polar surface area (TPSA) is 105 Å². The number of amides is 2. The summed E-state index contributed by atoms with van der Waals surface area (Å²) in [5.74, 6) is -0.494. The maximum absolute atomic E-state index is 12.3. The molecule has 0 heterocycles. The van der Waals surface area contributed by atoms with Crippen LogP contribution in [-0.4, -0.2) is 42.3 Å². The van der Waals surface area contributed by atoms with E-state index in [9.17, 15) is 19.7 Å². The standard InChI is InChI=1S/C19H22N4O4/c1-13-5-4-6-16(23(26)27)18(13)21-17(24)12-22(3)11-14-7-9-15(10-8-14)19(25)20-2/h4-10H,11-12H2,1-3H3,(H,20,25)(H,21,24). The van der Waals surface area contributed by atoms with Crippen LogP contribution in [0.5, 0.6) is 0 Å². The number of likely N-dealkylation sites (N-methyl/N-ethyl adjacent to an activating group) is 1. The number of nitro benzene ring substituents is 1. The number of nitro groups is 1. The Bertz CT molecular complexity index is 849. The number of anilines is 1. The molecule has 0 aliphatic heterocycles. The van der Waals surface area contributed by atoms with E-state index < -0.39 is 4.92 Å². The Morgan fingerprint density at radius 3 is 2.41 bits per heavy atom. The number of carbonyl (C=O) groups is 2. The van der Waals surface area contributed by atoms with E-state index in [1.54, 1.807) is 50.2 Å². The van der Waals surface area contributed by atoms with Gasteiger partial charge in [-0.25, -0.2) is 0 Å². The van der Waals surface area contributed by atoms with Crippen molar-refractivity contribution in [2.24, 2.45) is 0 Å². The fraction of sp³-hybridized carbons (Fsp3) is 0.263. The number of nitrogens with one attached hydrogen (secondary N) is 2. The zero-order valence-electron chi connectivity index (χ0n) is 15.5. The monoisotopic (exact) mass is 370 g/mol. The number of para-hydroxylation sites is 1. The normalized spacial score (nSPS) is 10.5. The third kappa shape index (κ3) is 5.35. The van der Waals surface area contributed by atoms with Gasteiger partial charge in [-0.3, -0.25) is 24.6 Å². The highest BCUT2D eigenvalue weighted by Crippen LogP contribution is 2.27. The number of hydrogen-bond donors (Lipinski definition) is 2. The van der Waals surface area contributed by atoms with Crippen molar-refractivity contribution in [2.45, 2.75) is 13.5 Å². The molecular weight excluding hydrogens is 348 g/mol. The quantitative estimate of drug-likeness (QED) is 0.575. The lowest BCUT2D eigenvalue weighted by Crippen LogP contribution is -2.30. The SMILES string of the molecule is CNC(=O)c1ccc(CN(C)CC(=O)Nc2c(C)cccc2[N+](=O)[O-])cc1. The third-order valence-electron chi connectivity index (χ3n) is 4.02. The van der Waals surface area contributed by atoms with Crippen LogP contribution in [0.15, 0.2) is 42.5 Å². The Kier molecular flexibility index (Phi) is 6.62. The first-order chi connectivity index (χ1) is 12.8. The molecule has 0 saturated carbocycles. The minimum absolute atomic E-state index is 0.0721. The zero-order valence-corrected chi connectivity index (χ0v) is 15.5. The number of carbonyl (C=O) groups excluding carboxylic acids is 2. The summed E-state index contributed by atoms with van der Waals surface area (Å²) in [6.07, 6.45) is 0. The van der Waals surface area contributed by atoms with Gasteiger partial charge in [0.15, 0.2) is 0 Å². The highest BCUT2D eigenvalue weighted by molar-refractivity contribution is 5.95. The number of hydrogen-bond acceptors (Lipinski definition) is 5. The number of aryl methyl sites for hydroxylation is 1. The van der Waals surface area contributed by atoms with Gasteiger partial charge in [0.1, 0.15) is 5.69 Å². The Labute approximate surface area is 157 Å². The van der Waals surface area contributed by atoms with E-state index in [1.165, 1.54) is 6.07 Å². The molecule has 8 nitrogen and oxygen atoms in total. The molecule has 0 atom stereocenters. The Morgan fingerprint density at radius 1 is 1.15 bits per heavy atom. The maximum Gasteiger partial charge on any atom is 0.293 e. The molecule has 2 N–H and O–H groups in total. The van der Waals surface area contributed by atoms with Gasteiger partial charge in [-0.2, -0.15) is 0 Å². The van der Waals surface area contributed by atoms with Crippen molar-refractivity contribution in [3.63, 3.8) is 0 Å². The molecule has 0 unspecified atom stereocenters. The van der Waals surface area contributed by atoms with Crippen molar-refractivity contribution in [1.82, 2.24) is 10.2 Å². The Morgan fingerprint density at radius 2 is 1.81 bits per heavy atom. The van der Waals surface area contributed by atoms with Gasteiger partial charge in [0.25, 0.3) is 11.6 Å². The van der Waals surface area contributed by atoms with Crippen molar-refractivity contribution in [3.8, 4) is 0 Å². The lowest BCUT2D eigenvalue weighted by atomic mass is 10.1. The van der Waals surface area contributed by atoms with Crippen LogP contribution in [0.4, 0.5) is 11.4 Å². The first kappa shape index (κ1) is 20.1. The van der Waals surface area contributed by atoms with Crippen LogP contribution in [0, 0.1) is 17.0 Å². The van der Waals surface area contributed by atoms with Gasteiger partial charge in [0.05, 0.1) is 11.5 Å². The average Bonchev–Trinajstić information content (AvgIpc) is 2.63. The second-order valence-electron chi connectivity index (χ2n) is 6.22. The largest absolute Gasteiger partial charge is 0.355 e. The molecule has 142 valence electrons. The number of nitrogens with zero attached hydrogens (tertiary/aromatic N) is 2. The van der Waals surface area contributed by atoms with Crippen LogP contribution >= 0.6 is 0 Å². The van der Waals surface area contributed by atoms with Crippen LogP contribution in [0.25, 0.3) is 0 Å². The summed E-state index contributed by atoms with van der Waals surface area (Å²) in [5.41, 5.74) is 2.23. The van der Waals surface area contributed by atoms with E-state index in [-0.39, 0.29) is 29.7 Å². The molecule has 0 spiro atoms. The van der Waals surface area contributed by atoms with E-state index in [2.05, 4.69) is 10.6 Å². The predicted molar refractivity (Wildman–Crippen MR) is 103 cm³/mol. The molecule has 27 heavy (non-hydrogen) atoms. The summed E-state index contributed by atoms with van der Waals surface area (Å²) in [7, 11) is 3.35. The second-order valence-corrected chi connectivity index (χ2v) is 6.22. The average molecular weight is 370 g/mol. The lowest BCUT2D eigenvalue weighted by molar-refractivity contribution is -0.384. The summed E-state index contributed by atoms with van der Waals surface area (Å²) in [5, 5.41) is 16.3. The maximum atomic E-state index is 12.3. The molecule has 0 aliphatic carbocycles. The fourth-order valence-electron chi connectivity index (χ4n) is 2.66. The van der Waals surface area contributed by atoms with Crippen LogP contribution in [0.1, 0.15) is 21.5 Å². The molecule has 0 saturated heterocycles. The van der Waals surface area contributed by atoms with Gasteiger partial charge >= 0.3 is 0 Å². The lowest BCUT2D eigenvalue weighted by Gasteiger charge is -2.17. The van der Waals surface area contributed by atoms with Crippen molar-refractivity contribution in [3.05, 3.63) is 69.3 Å². The Hall–Kier alpha value is -3.26. The molecule has 2 rings (SSSR count). The van der Waals surface area contributed by atoms with Gasteiger partial charge in [0, 0.05) is 25.2 Å². The summed E-state index contributed by atoms with van der Waals surface area (Å²) < 4.78 is 0. The highest BCUT2D eigenvalue weighted by Gasteiger charge is 2.18. The van der Waals surface area contributed by atoms with Gasteiger partial charge in [-0.05, 0) is 37.2 Å². The number of benzene rings is 2. The summed E-state index contributed by atoms with van der Waals surface area (Å²) in [6.45, 7) is 2.28. The van der Waals surface area contributed by atoms with Crippen molar-refractivity contribution in [1.29, 1.82) is 0 Å². The first-order valence-electron chi connectivity index (χ1n) is 8.35. The van der Waals surface area contributed by atoms with Crippen LogP contribution in [-0.2, 0) is 11.3 Å². The first-order valence-corrected chi connectivity index (χ1v) is 8.35. The molecule has 0 bridgehead atoms. The van der Waals surface area contributed by atoms with Gasteiger partial charge in [-0.15, -0.1) is 0 Å². The minimum Gasteiger partial charge on any atom is -0.355 e. The molecule has 0 fully saturated rings. The predicted octanol–water partition coefficient (Wildman–Crippen LogP) is 2.33. The molecule has 2 aromatic carbocycles. The molecule has 0 aliphatic rings. The number of rotatable bonds is 7. The Balaban J connectivity index is 1.98. The van der Waals surface area contributed by atoms with Gasteiger partial charge < -0.3 is 10.6 Å². The summed E-state index contributed by atoms with van der Waals surface area (Å²) >= 11 is 0. The van der Waals surface area contributed by atoms with Crippen LogP contribution in [0.3, 0.4) is 0 Å². The van der Waals surface area contributed by atoms with Crippen LogP contribution < -0.4 is 10.6 Å². The minimum atomic E-state index is -0.514. The van der Waals surface area contributed by atoms with E-state index in [0.29, 0.717) is 17.7 Å². The molecular formula is C19H22N4O4. The zero-order chi connectivity index (χ0) is 20.0. The molecule has 2 aromatic rings. The van der Waals surface area contributed by atoms with E-state index in [4.69, 9.17) is 0 Å². The van der Waals surface area contributed by atoms with E-state index in [0.717, 1.165) is 5.56 Å². The van der Waals surface area contributed by atoms with E-state index in [1.807, 2.05) is 12.1 Å². The highest BCUT2D eigenvalue weighted by atomic mass is 16.6. The van der Waals surface area contributed by atoms with Crippen molar-refractivity contribution >= 4 is 23.2 Å². The molecule has 0 radical (unpaired) electrons. The smallest absolute Gasteiger partial charge is 0.293 e. The van der Waals surface area contributed by atoms with Gasteiger partial charge in [0.2, 0.25) is 5.91 Å². The van der Waals surface area contributed by atoms with Crippen molar-refractivity contribution < 1.29 is 14.5 Å². The third-order valence-corrected chi connectivity index (χ3v) is 4.02.